The fourth-order valence-electron chi connectivity index (χ4n) is 2.82. The lowest BCUT2D eigenvalue weighted by Gasteiger charge is -2.31. The quantitative estimate of drug-likeness (QED) is 0.648. The summed E-state index contributed by atoms with van der Waals surface area (Å²) in [6.07, 6.45) is 2.30. The summed E-state index contributed by atoms with van der Waals surface area (Å²) < 4.78 is 26.3. The molecule has 1 aromatic carbocycles. The number of aryl methyl sites for hydroxylation is 2. The lowest BCUT2D eigenvalue weighted by molar-refractivity contribution is -0.0456. The summed E-state index contributed by atoms with van der Waals surface area (Å²) in [5, 5.41) is 0. The molecule has 19 heavy (non-hydrogen) atoms. The first-order chi connectivity index (χ1) is 8.87. The summed E-state index contributed by atoms with van der Waals surface area (Å²) in [7, 11) is 0. The molecule has 1 fully saturated rings. The summed E-state index contributed by atoms with van der Waals surface area (Å²) in [4.78, 5) is 0.309. The summed E-state index contributed by atoms with van der Waals surface area (Å²) in [6.45, 7) is 4.21. The van der Waals surface area contributed by atoms with Crippen molar-refractivity contribution in [3.05, 3.63) is 34.9 Å². The molecule has 1 unspecified atom stereocenters. The highest BCUT2D eigenvalue weighted by Gasteiger charge is 2.36. The van der Waals surface area contributed by atoms with E-state index in [0.717, 1.165) is 6.42 Å². The monoisotopic (exact) mass is 330 g/mol. The molecule has 3 heteroatoms. The SMILES string of the molecule is Cc1ccc(C)c(CC(Br)C2CCC(F)(F)CC2)c1. The molecule has 0 heterocycles. The van der Waals surface area contributed by atoms with Crippen LogP contribution in [-0.4, -0.2) is 10.7 Å². The lowest BCUT2D eigenvalue weighted by Crippen LogP contribution is -2.29. The van der Waals surface area contributed by atoms with Crippen LogP contribution in [0.2, 0.25) is 0 Å². The van der Waals surface area contributed by atoms with Gasteiger partial charge in [-0.3, -0.25) is 0 Å². The van der Waals surface area contributed by atoms with Crippen LogP contribution in [0.1, 0.15) is 42.4 Å². The van der Waals surface area contributed by atoms with Gasteiger partial charge in [-0.05, 0) is 50.2 Å². The number of hydrogen-bond acceptors (Lipinski definition) is 0. The molecule has 0 aliphatic heterocycles. The fourth-order valence-corrected chi connectivity index (χ4v) is 3.70. The van der Waals surface area contributed by atoms with Gasteiger partial charge in [-0.15, -0.1) is 0 Å². The van der Waals surface area contributed by atoms with Crippen molar-refractivity contribution in [2.75, 3.05) is 0 Å². The van der Waals surface area contributed by atoms with E-state index in [0.29, 0.717) is 23.6 Å². The summed E-state index contributed by atoms with van der Waals surface area (Å²) in [5.41, 5.74) is 3.88. The van der Waals surface area contributed by atoms with E-state index in [4.69, 9.17) is 0 Å². The zero-order chi connectivity index (χ0) is 14.0. The first kappa shape index (κ1) is 15.0. The van der Waals surface area contributed by atoms with Gasteiger partial charge in [0.1, 0.15) is 0 Å². The van der Waals surface area contributed by atoms with Crippen molar-refractivity contribution < 1.29 is 8.78 Å². The van der Waals surface area contributed by atoms with Crippen LogP contribution in [0.15, 0.2) is 18.2 Å². The Labute approximate surface area is 122 Å². The van der Waals surface area contributed by atoms with Crippen molar-refractivity contribution in [3.63, 3.8) is 0 Å². The van der Waals surface area contributed by atoms with Crippen LogP contribution in [0.25, 0.3) is 0 Å². The largest absolute Gasteiger partial charge is 0.248 e. The van der Waals surface area contributed by atoms with Gasteiger partial charge < -0.3 is 0 Å². The standard InChI is InChI=1S/C16H21BrF2/c1-11-3-4-12(2)14(9-11)10-15(17)13-5-7-16(18,19)8-6-13/h3-4,9,13,15H,5-8,10H2,1-2H3. The third kappa shape index (κ3) is 4.01. The van der Waals surface area contributed by atoms with E-state index < -0.39 is 5.92 Å². The van der Waals surface area contributed by atoms with Crippen LogP contribution >= 0.6 is 15.9 Å². The van der Waals surface area contributed by atoms with E-state index in [2.05, 4.69) is 48.0 Å². The molecule has 1 aliphatic carbocycles. The molecule has 1 atom stereocenters. The van der Waals surface area contributed by atoms with Gasteiger partial charge in [0.15, 0.2) is 0 Å². The molecule has 0 N–H and O–H groups in total. The predicted octanol–water partition coefficient (Wildman–Crippen LogP) is 5.43. The normalized spacial score (nSPS) is 21.3. The van der Waals surface area contributed by atoms with Crippen LogP contribution in [0.3, 0.4) is 0 Å². The van der Waals surface area contributed by atoms with Gasteiger partial charge >= 0.3 is 0 Å². The van der Waals surface area contributed by atoms with Crippen molar-refractivity contribution in [1.82, 2.24) is 0 Å². The van der Waals surface area contributed by atoms with Gasteiger partial charge in [0.25, 0.3) is 0 Å². The van der Waals surface area contributed by atoms with Crippen molar-refractivity contribution >= 4 is 15.9 Å². The van der Waals surface area contributed by atoms with Gasteiger partial charge in [0.05, 0.1) is 0 Å². The third-order valence-electron chi connectivity index (χ3n) is 4.19. The lowest BCUT2D eigenvalue weighted by atomic mass is 9.83. The van der Waals surface area contributed by atoms with Gasteiger partial charge in [-0.25, -0.2) is 8.78 Å². The Bertz CT molecular complexity index is 432. The van der Waals surface area contributed by atoms with Crippen LogP contribution in [0.4, 0.5) is 8.78 Å². The highest BCUT2D eigenvalue weighted by molar-refractivity contribution is 9.09. The van der Waals surface area contributed by atoms with Crippen molar-refractivity contribution in [2.45, 2.75) is 56.7 Å². The van der Waals surface area contributed by atoms with Gasteiger partial charge in [-0.2, -0.15) is 0 Å². The Kier molecular flexibility index (Phi) is 4.65. The van der Waals surface area contributed by atoms with E-state index in [1.165, 1.54) is 16.7 Å². The molecule has 1 saturated carbocycles. The fraction of sp³-hybridized carbons (Fsp3) is 0.625. The van der Waals surface area contributed by atoms with Crippen molar-refractivity contribution in [1.29, 1.82) is 0 Å². The number of benzene rings is 1. The molecule has 0 nitrogen and oxygen atoms in total. The minimum absolute atomic E-state index is 0.0482. The molecule has 0 aromatic heterocycles. The van der Waals surface area contributed by atoms with E-state index >= 15 is 0 Å². The maximum Gasteiger partial charge on any atom is 0.248 e. The summed E-state index contributed by atoms with van der Waals surface area (Å²) >= 11 is 3.73. The highest BCUT2D eigenvalue weighted by atomic mass is 79.9. The Morgan fingerprint density at radius 1 is 1.26 bits per heavy atom. The molecule has 0 amide bonds. The average Bonchev–Trinajstić information content (AvgIpc) is 2.33. The van der Waals surface area contributed by atoms with Gasteiger partial charge in [-0.1, -0.05) is 39.7 Å². The molecule has 2 rings (SSSR count). The molecule has 0 spiro atoms. The smallest absolute Gasteiger partial charge is 0.207 e. The Morgan fingerprint density at radius 3 is 2.53 bits per heavy atom. The van der Waals surface area contributed by atoms with Crippen LogP contribution < -0.4 is 0 Å². The van der Waals surface area contributed by atoms with Crippen LogP contribution in [0.5, 0.6) is 0 Å². The number of alkyl halides is 3. The zero-order valence-electron chi connectivity index (χ0n) is 11.6. The molecule has 0 bridgehead atoms. The van der Waals surface area contributed by atoms with E-state index in [1.807, 2.05) is 0 Å². The molecule has 1 aliphatic rings. The molecule has 106 valence electrons. The second-order valence-corrected chi connectivity index (χ2v) is 7.02. The van der Waals surface area contributed by atoms with Crippen molar-refractivity contribution in [3.8, 4) is 0 Å². The topological polar surface area (TPSA) is 0 Å². The van der Waals surface area contributed by atoms with E-state index in [9.17, 15) is 8.78 Å². The minimum Gasteiger partial charge on any atom is -0.207 e. The maximum atomic E-state index is 13.2. The van der Waals surface area contributed by atoms with Crippen molar-refractivity contribution in [2.24, 2.45) is 5.92 Å². The van der Waals surface area contributed by atoms with Gasteiger partial charge in [0.2, 0.25) is 5.92 Å². The first-order valence-electron chi connectivity index (χ1n) is 6.95. The molecule has 0 saturated heterocycles. The Balaban J connectivity index is 1.98. The second-order valence-electron chi connectivity index (χ2n) is 5.84. The van der Waals surface area contributed by atoms with E-state index in [-0.39, 0.29) is 12.8 Å². The van der Waals surface area contributed by atoms with Crippen LogP contribution in [0, 0.1) is 19.8 Å². The first-order valence-corrected chi connectivity index (χ1v) is 7.87. The average molecular weight is 331 g/mol. The van der Waals surface area contributed by atoms with Gasteiger partial charge in [0, 0.05) is 17.7 Å². The highest BCUT2D eigenvalue weighted by Crippen LogP contribution is 2.40. The molecule has 1 aromatic rings. The Morgan fingerprint density at radius 2 is 1.89 bits per heavy atom. The molecule has 0 radical (unpaired) electrons. The zero-order valence-corrected chi connectivity index (χ0v) is 13.1. The molecular weight excluding hydrogens is 310 g/mol. The minimum atomic E-state index is -2.43. The number of rotatable bonds is 3. The predicted molar refractivity (Wildman–Crippen MR) is 79.2 cm³/mol. The maximum absolute atomic E-state index is 13.2. The Hall–Kier alpha value is -0.440. The summed E-state index contributed by atoms with van der Waals surface area (Å²) in [5.74, 6) is -2.05. The third-order valence-corrected chi connectivity index (χ3v) is 5.26. The number of halogens is 3. The van der Waals surface area contributed by atoms with Crippen LogP contribution in [-0.2, 0) is 6.42 Å². The number of hydrogen-bond donors (Lipinski definition) is 0. The second kappa shape index (κ2) is 5.90. The molecular formula is C16H21BrF2. The summed E-state index contributed by atoms with van der Waals surface area (Å²) in [6, 6.07) is 6.46. The van der Waals surface area contributed by atoms with E-state index in [1.54, 1.807) is 0 Å².